The number of aliphatic hydroxyl groups excluding tert-OH is 1. The number of aliphatic hydroxyl groups is 1. The first-order chi connectivity index (χ1) is 8.13. The summed E-state index contributed by atoms with van der Waals surface area (Å²) < 4.78 is 4.77. The van der Waals surface area contributed by atoms with Crippen molar-refractivity contribution in [3.05, 3.63) is 28.8 Å². The predicted octanol–water partition coefficient (Wildman–Crippen LogP) is 0.862. The summed E-state index contributed by atoms with van der Waals surface area (Å²) in [7, 11) is 0. The van der Waals surface area contributed by atoms with Crippen LogP contribution in [0.5, 0.6) is 5.75 Å². The minimum Gasteiger partial charge on any atom is -0.506 e. The van der Waals surface area contributed by atoms with Gasteiger partial charge in [0, 0.05) is 5.56 Å². The number of nitriles is 1. The second kappa shape index (κ2) is 5.87. The van der Waals surface area contributed by atoms with E-state index in [1.54, 1.807) is 13.0 Å². The monoisotopic (exact) mass is 235 g/mol. The summed E-state index contributed by atoms with van der Waals surface area (Å²) in [5, 5.41) is 27.5. The third-order valence-corrected chi connectivity index (χ3v) is 2.30. The van der Waals surface area contributed by atoms with Crippen LogP contribution in [-0.4, -0.2) is 22.8 Å². The Hall–Kier alpha value is -2.06. The van der Waals surface area contributed by atoms with E-state index in [1.807, 2.05) is 0 Å². The molecule has 0 amide bonds. The smallest absolute Gasteiger partial charge is 0.310 e. The molecule has 0 aliphatic rings. The number of nitrogens with zero attached hydrogens (tertiary/aromatic N) is 1. The maximum atomic E-state index is 11.3. The fraction of sp³-hybridized carbons (Fsp3) is 0.333. The summed E-state index contributed by atoms with van der Waals surface area (Å²) in [6.45, 7) is 1.53. The van der Waals surface area contributed by atoms with Gasteiger partial charge in [0.05, 0.1) is 25.2 Å². The van der Waals surface area contributed by atoms with Crippen LogP contribution in [0.3, 0.4) is 0 Å². The Labute approximate surface area is 98.9 Å². The predicted molar refractivity (Wildman–Crippen MR) is 59.1 cm³/mol. The van der Waals surface area contributed by atoms with Gasteiger partial charge in [0.15, 0.2) is 0 Å². The minimum absolute atomic E-state index is 0.0387. The average molecular weight is 235 g/mol. The third kappa shape index (κ3) is 2.95. The second-order valence-electron chi connectivity index (χ2n) is 3.35. The standard InChI is InChI=1S/C12H13NO4/c1-2-17-11(15)5-8-3-4-9(6-13)12(16)10(8)7-14/h3-4,14,16H,2,5,7H2,1H3. The highest BCUT2D eigenvalue weighted by Gasteiger charge is 2.14. The quantitative estimate of drug-likeness (QED) is 0.755. The first-order valence-corrected chi connectivity index (χ1v) is 5.14. The van der Waals surface area contributed by atoms with Crippen molar-refractivity contribution in [3.63, 3.8) is 0 Å². The zero-order valence-corrected chi connectivity index (χ0v) is 9.43. The Morgan fingerprint density at radius 1 is 1.53 bits per heavy atom. The van der Waals surface area contributed by atoms with Gasteiger partial charge in [0.2, 0.25) is 0 Å². The molecule has 0 aliphatic heterocycles. The molecular formula is C12H13NO4. The van der Waals surface area contributed by atoms with Gasteiger partial charge in [0.25, 0.3) is 0 Å². The van der Waals surface area contributed by atoms with E-state index in [2.05, 4.69) is 0 Å². The number of hydrogen-bond acceptors (Lipinski definition) is 5. The molecular weight excluding hydrogens is 222 g/mol. The van der Waals surface area contributed by atoms with Crippen LogP contribution in [0.2, 0.25) is 0 Å². The molecule has 0 aliphatic carbocycles. The molecule has 0 saturated heterocycles. The van der Waals surface area contributed by atoms with Crippen molar-refractivity contribution in [1.29, 1.82) is 5.26 Å². The highest BCUT2D eigenvalue weighted by atomic mass is 16.5. The van der Waals surface area contributed by atoms with Crippen molar-refractivity contribution in [2.45, 2.75) is 20.0 Å². The number of benzene rings is 1. The number of rotatable bonds is 4. The van der Waals surface area contributed by atoms with Gasteiger partial charge in [-0.05, 0) is 18.6 Å². The molecule has 90 valence electrons. The second-order valence-corrected chi connectivity index (χ2v) is 3.35. The number of carbonyl (C=O) groups excluding carboxylic acids is 1. The maximum absolute atomic E-state index is 11.3. The molecule has 1 rings (SSSR count). The van der Waals surface area contributed by atoms with Gasteiger partial charge in [-0.3, -0.25) is 4.79 Å². The molecule has 1 aromatic carbocycles. The molecule has 0 heterocycles. The Morgan fingerprint density at radius 2 is 2.24 bits per heavy atom. The average Bonchev–Trinajstić information content (AvgIpc) is 2.30. The zero-order valence-electron chi connectivity index (χ0n) is 9.43. The first kappa shape index (κ1) is 13.0. The molecule has 1 aromatic rings. The molecule has 0 radical (unpaired) electrons. The van der Waals surface area contributed by atoms with Crippen molar-refractivity contribution in [1.82, 2.24) is 0 Å². The lowest BCUT2D eigenvalue weighted by molar-refractivity contribution is -0.142. The van der Waals surface area contributed by atoms with Gasteiger partial charge >= 0.3 is 5.97 Å². The van der Waals surface area contributed by atoms with Crippen LogP contribution in [0.1, 0.15) is 23.6 Å². The van der Waals surface area contributed by atoms with Crippen molar-refractivity contribution < 1.29 is 19.7 Å². The Kier molecular flexibility index (Phi) is 4.49. The van der Waals surface area contributed by atoms with Crippen LogP contribution in [0.15, 0.2) is 12.1 Å². The Morgan fingerprint density at radius 3 is 2.76 bits per heavy atom. The van der Waals surface area contributed by atoms with Crippen molar-refractivity contribution >= 4 is 5.97 Å². The minimum atomic E-state index is -0.439. The Bertz CT molecular complexity index is 462. The van der Waals surface area contributed by atoms with Crippen molar-refractivity contribution in [2.75, 3.05) is 6.61 Å². The van der Waals surface area contributed by atoms with E-state index in [9.17, 15) is 9.90 Å². The molecule has 0 fully saturated rings. The van der Waals surface area contributed by atoms with Gasteiger partial charge in [0.1, 0.15) is 11.8 Å². The number of hydrogen-bond donors (Lipinski definition) is 2. The first-order valence-electron chi connectivity index (χ1n) is 5.14. The van der Waals surface area contributed by atoms with Gasteiger partial charge in [-0.1, -0.05) is 6.07 Å². The number of phenols is 1. The molecule has 0 atom stereocenters. The molecule has 0 bridgehead atoms. The lowest BCUT2D eigenvalue weighted by atomic mass is 10.0. The molecule has 5 nitrogen and oxygen atoms in total. The molecule has 5 heteroatoms. The van der Waals surface area contributed by atoms with Crippen LogP contribution < -0.4 is 0 Å². The number of ether oxygens (including phenoxy) is 1. The van der Waals surface area contributed by atoms with Gasteiger partial charge in [-0.2, -0.15) is 5.26 Å². The van der Waals surface area contributed by atoms with Crippen LogP contribution in [0.25, 0.3) is 0 Å². The summed E-state index contributed by atoms with van der Waals surface area (Å²) in [6.07, 6.45) is -0.0387. The molecule has 0 unspecified atom stereocenters. The normalized spacial score (nSPS) is 9.71. The van der Waals surface area contributed by atoms with Gasteiger partial charge < -0.3 is 14.9 Å². The number of esters is 1. The molecule has 2 N–H and O–H groups in total. The Balaban J connectivity index is 3.05. The number of aromatic hydroxyl groups is 1. The van der Waals surface area contributed by atoms with E-state index in [0.717, 1.165) is 0 Å². The van der Waals surface area contributed by atoms with Crippen LogP contribution in [0, 0.1) is 11.3 Å². The fourth-order valence-corrected chi connectivity index (χ4v) is 1.48. The van der Waals surface area contributed by atoms with E-state index in [0.29, 0.717) is 5.56 Å². The molecule has 17 heavy (non-hydrogen) atoms. The van der Waals surface area contributed by atoms with Gasteiger partial charge in [-0.25, -0.2) is 0 Å². The topological polar surface area (TPSA) is 90.6 Å². The van der Waals surface area contributed by atoms with E-state index in [1.165, 1.54) is 12.1 Å². The largest absolute Gasteiger partial charge is 0.506 e. The number of carbonyl (C=O) groups is 1. The summed E-state index contributed by atoms with van der Waals surface area (Å²) in [5.41, 5.74) is 0.723. The fourth-order valence-electron chi connectivity index (χ4n) is 1.48. The van der Waals surface area contributed by atoms with Gasteiger partial charge in [-0.15, -0.1) is 0 Å². The van der Waals surface area contributed by atoms with E-state index < -0.39 is 12.6 Å². The molecule has 0 saturated carbocycles. The molecule has 0 aromatic heterocycles. The van der Waals surface area contributed by atoms with E-state index in [-0.39, 0.29) is 29.9 Å². The van der Waals surface area contributed by atoms with Crippen LogP contribution in [0.4, 0.5) is 0 Å². The highest BCUT2D eigenvalue weighted by Crippen LogP contribution is 2.26. The highest BCUT2D eigenvalue weighted by molar-refractivity contribution is 5.73. The van der Waals surface area contributed by atoms with Crippen molar-refractivity contribution in [2.24, 2.45) is 0 Å². The van der Waals surface area contributed by atoms with Crippen molar-refractivity contribution in [3.8, 4) is 11.8 Å². The third-order valence-electron chi connectivity index (χ3n) is 2.30. The zero-order chi connectivity index (χ0) is 12.8. The van der Waals surface area contributed by atoms with E-state index >= 15 is 0 Å². The summed E-state index contributed by atoms with van der Waals surface area (Å²) >= 11 is 0. The van der Waals surface area contributed by atoms with Crippen LogP contribution in [-0.2, 0) is 22.6 Å². The summed E-state index contributed by atoms with van der Waals surface area (Å²) in [6, 6.07) is 4.73. The summed E-state index contributed by atoms with van der Waals surface area (Å²) in [5.74, 6) is -0.719. The summed E-state index contributed by atoms with van der Waals surface area (Å²) in [4.78, 5) is 11.3. The molecule has 0 spiro atoms. The SMILES string of the molecule is CCOC(=O)Cc1ccc(C#N)c(O)c1CO. The maximum Gasteiger partial charge on any atom is 0.310 e. The lowest BCUT2D eigenvalue weighted by Gasteiger charge is -2.10. The lowest BCUT2D eigenvalue weighted by Crippen LogP contribution is -2.09. The van der Waals surface area contributed by atoms with E-state index in [4.69, 9.17) is 15.1 Å². The van der Waals surface area contributed by atoms with Crippen LogP contribution >= 0.6 is 0 Å².